The van der Waals surface area contributed by atoms with Crippen molar-refractivity contribution in [3.05, 3.63) is 29.8 Å². The normalized spacial score (nSPS) is 22.3. The summed E-state index contributed by atoms with van der Waals surface area (Å²) in [5.74, 6) is 1.04. The second kappa shape index (κ2) is 7.48. The van der Waals surface area contributed by atoms with Crippen molar-refractivity contribution in [3.63, 3.8) is 0 Å². The molecule has 4 heteroatoms. The third-order valence-corrected chi connectivity index (χ3v) is 4.91. The van der Waals surface area contributed by atoms with Gasteiger partial charge in [0, 0.05) is 24.2 Å². The van der Waals surface area contributed by atoms with Crippen molar-refractivity contribution >= 4 is 12.4 Å². The minimum Gasteiger partial charge on any atom is -0.496 e. The molecule has 1 heterocycles. The van der Waals surface area contributed by atoms with Gasteiger partial charge in [-0.25, -0.2) is 0 Å². The summed E-state index contributed by atoms with van der Waals surface area (Å²) in [6.45, 7) is 3.80. The summed E-state index contributed by atoms with van der Waals surface area (Å²) in [6.07, 6.45) is 6.48. The van der Waals surface area contributed by atoms with Gasteiger partial charge in [0.15, 0.2) is 0 Å². The van der Waals surface area contributed by atoms with Crippen LogP contribution in [0.1, 0.15) is 37.7 Å². The summed E-state index contributed by atoms with van der Waals surface area (Å²) < 4.78 is 11.2. The van der Waals surface area contributed by atoms with Gasteiger partial charge in [-0.15, -0.1) is 12.4 Å². The number of halogens is 1. The second-order valence-electron chi connectivity index (χ2n) is 5.89. The van der Waals surface area contributed by atoms with E-state index in [1.54, 1.807) is 7.11 Å². The second-order valence-corrected chi connectivity index (χ2v) is 5.89. The Labute approximate surface area is 134 Å². The van der Waals surface area contributed by atoms with Crippen LogP contribution < -0.4 is 4.74 Å². The highest BCUT2D eigenvalue weighted by Crippen LogP contribution is 2.45. The van der Waals surface area contributed by atoms with E-state index in [4.69, 9.17) is 9.47 Å². The summed E-state index contributed by atoms with van der Waals surface area (Å²) in [6, 6.07) is 8.58. The van der Waals surface area contributed by atoms with Crippen LogP contribution in [0.25, 0.3) is 0 Å². The molecule has 0 spiro atoms. The lowest BCUT2D eigenvalue weighted by Gasteiger charge is -2.48. The van der Waals surface area contributed by atoms with E-state index in [0.717, 1.165) is 32.1 Å². The highest BCUT2D eigenvalue weighted by Gasteiger charge is 2.41. The van der Waals surface area contributed by atoms with Gasteiger partial charge in [-0.05, 0) is 18.9 Å². The lowest BCUT2D eigenvalue weighted by Crippen LogP contribution is -2.52. The fraction of sp³-hybridized carbons (Fsp3) is 0.647. The van der Waals surface area contributed by atoms with Crippen molar-refractivity contribution in [2.45, 2.75) is 37.6 Å². The first-order chi connectivity index (χ1) is 9.87. The van der Waals surface area contributed by atoms with E-state index in [2.05, 4.69) is 29.2 Å². The van der Waals surface area contributed by atoms with Gasteiger partial charge >= 0.3 is 0 Å². The van der Waals surface area contributed by atoms with Crippen molar-refractivity contribution in [2.24, 2.45) is 0 Å². The van der Waals surface area contributed by atoms with Crippen molar-refractivity contribution in [2.75, 3.05) is 33.4 Å². The summed E-state index contributed by atoms with van der Waals surface area (Å²) in [5, 5.41) is 0. The van der Waals surface area contributed by atoms with Gasteiger partial charge in [-0.2, -0.15) is 0 Å². The Bertz CT molecular complexity index is 440. The molecule has 1 aliphatic heterocycles. The topological polar surface area (TPSA) is 21.7 Å². The van der Waals surface area contributed by atoms with Gasteiger partial charge in [0.05, 0.1) is 20.3 Å². The molecule has 21 heavy (non-hydrogen) atoms. The zero-order valence-electron chi connectivity index (χ0n) is 12.8. The summed E-state index contributed by atoms with van der Waals surface area (Å²) in [4.78, 5) is 2.65. The van der Waals surface area contributed by atoms with Crippen molar-refractivity contribution in [1.82, 2.24) is 4.90 Å². The molecule has 1 saturated carbocycles. The number of rotatable bonds is 3. The average molecular weight is 312 g/mol. The van der Waals surface area contributed by atoms with Crippen LogP contribution in [-0.2, 0) is 10.3 Å². The highest BCUT2D eigenvalue weighted by atomic mass is 35.5. The maximum atomic E-state index is 5.66. The molecule has 1 saturated heterocycles. The molecule has 0 radical (unpaired) electrons. The molecule has 1 aromatic rings. The largest absolute Gasteiger partial charge is 0.496 e. The molecule has 0 amide bonds. The van der Waals surface area contributed by atoms with Crippen LogP contribution in [0.15, 0.2) is 24.3 Å². The SMILES string of the molecule is COc1ccccc1C1(N2CCOCC2)CCCCC1.Cl. The first-order valence-corrected chi connectivity index (χ1v) is 7.83. The molecule has 2 aliphatic rings. The molecule has 2 fully saturated rings. The first kappa shape index (κ1) is 16.6. The Kier molecular flexibility index (Phi) is 5.91. The summed E-state index contributed by atoms with van der Waals surface area (Å²) in [5.41, 5.74) is 1.54. The van der Waals surface area contributed by atoms with Crippen LogP contribution in [0.2, 0.25) is 0 Å². The van der Waals surface area contributed by atoms with Crippen molar-refractivity contribution < 1.29 is 9.47 Å². The van der Waals surface area contributed by atoms with E-state index in [1.165, 1.54) is 37.7 Å². The maximum absolute atomic E-state index is 5.66. The van der Waals surface area contributed by atoms with Gasteiger partial charge in [0.25, 0.3) is 0 Å². The number of methoxy groups -OCH3 is 1. The predicted octanol–water partition coefficient (Wildman–Crippen LogP) is 3.61. The number of ether oxygens (including phenoxy) is 2. The van der Waals surface area contributed by atoms with Crippen LogP contribution >= 0.6 is 12.4 Å². The minimum atomic E-state index is 0. The minimum absolute atomic E-state index is 0. The van der Waals surface area contributed by atoms with Crippen molar-refractivity contribution in [1.29, 1.82) is 0 Å². The molecule has 1 aromatic carbocycles. The Balaban J connectivity index is 0.00000161. The smallest absolute Gasteiger partial charge is 0.123 e. The maximum Gasteiger partial charge on any atom is 0.123 e. The number of hydrogen-bond donors (Lipinski definition) is 0. The quantitative estimate of drug-likeness (QED) is 0.851. The Morgan fingerprint density at radius 2 is 1.71 bits per heavy atom. The molecule has 3 rings (SSSR count). The Hall–Kier alpha value is -0.770. The molecule has 0 bridgehead atoms. The predicted molar refractivity (Wildman–Crippen MR) is 87.4 cm³/mol. The molecular weight excluding hydrogens is 286 g/mol. The molecule has 0 N–H and O–H groups in total. The number of nitrogens with zero attached hydrogens (tertiary/aromatic N) is 1. The summed E-state index contributed by atoms with van der Waals surface area (Å²) >= 11 is 0. The van der Waals surface area contributed by atoms with E-state index in [0.29, 0.717) is 0 Å². The molecule has 118 valence electrons. The summed E-state index contributed by atoms with van der Waals surface area (Å²) in [7, 11) is 1.79. The van der Waals surface area contributed by atoms with E-state index in [-0.39, 0.29) is 17.9 Å². The van der Waals surface area contributed by atoms with Crippen LogP contribution in [0.3, 0.4) is 0 Å². The van der Waals surface area contributed by atoms with Gasteiger partial charge in [-0.3, -0.25) is 4.90 Å². The van der Waals surface area contributed by atoms with E-state index < -0.39 is 0 Å². The van der Waals surface area contributed by atoms with Crippen LogP contribution in [-0.4, -0.2) is 38.3 Å². The average Bonchev–Trinajstić information content (AvgIpc) is 2.56. The molecular formula is C17H26ClNO2. The lowest BCUT2D eigenvalue weighted by atomic mass is 9.74. The van der Waals surface area contributed by atoms with Crippen LogP contribution in [0.5, 0.6) is 5.75 Å². The monoisotopic (exact) mass is 311 g/mol. The number of hydrogen-bond acceptors (Lipinski definition) is 3. The van der Waals surface area contributed by atoms with E-state index in [1.807, 2.05) is 0 Å². The fourth-order valence-corrected chi connectivity index (χ4v) is 3.91. The third kappa shape index (κ3) is 3.20. The van der Waals surface area contributed by atoms with Gasteiger partial charge in [0.2, 0.25) is 0 Å². The Morgan fingerprint density at radius 1 is 1.05 bits per heavy atom. The zero-order valence-corrected chi connectivity index (χ0v) is 13.7. The number of benzene rings is 1. The van der Waals surface area contributed by atoms with E-state index in [9.17, 15) is 0 Å². The zero-order chi connectivity index (χ0) is 13.8. The molecule has 0 atom stereocenters. The molecule has 1 aliphatic carbocycles. The van der Waals surface area contributed by atoms with Gasteiger partial charge in [-0.1, -0.05) is 37.5 Å². The third-order valence-electron chi connectivity index (χ3n) is 4.91. The molecule has 0 aromatic heterocycles. The van der Waals surface area contributed by atoms with E-state index >= 15 is 0 Å². The molecule has 0 unspecified atom stereocenters. The van der Waals surface area contributed by atoms with Crippen molar-refractivity contribution in [3.8, 4) is 5.75 Å². The fourth-order valence-electron chi connectivity index (χ4n) is 3.91. The first-order valence-electron chi connectivity index (χ1n) is 7.83. The standard InChI is InChI=1S/C17H25NO2.ClH/c1-19-16-8-4-3-7-15(16)17(9-5-2-6-10-17)18-11-13-20-14-12-18;/h3-4,7-8H,2,5-6,9-14H2,1H3;1H. The van der Waals surface area contributed by atoms with Crippen LogP contribution in [0, 0.1) is 0 Å². The number of para-hydroxylation sites is 1. The van der Waals surface area contributed by atoms with Gasteiger partial charge in [0.1, 0.15) is 5.75 Å². The van der Waals surface area contributed by atoms with Gasteiger partial charge < -0.3 is 9.47 Å². The highest BCUT2D eigenvalue weighted by molar-refractivity contribution is 5.85. The Morgan fingerprint density at radius 3 is 2.38 bits per heavy atom. The van der Waals surface area contributed by atoms with Crippen LogP contribution in [0.4, 0.5) is 0 Å². The molecule has 3 nitrogen and oxygen atoms in total. The lowest BCUT2D eigenvalue weighted by molar-refractivity contribution is -0.0412. The number of morpholine rings is 1.